The van der Waals surface area contributed by atoms with Crippen LogP contribution in [0, 0.1) is 0 Å². The van der Waals surface area contributed by atoms with Crippen molar-refractivity contribution in [1.29, 1.82) is 0 Å². The zero-order valence-electron chi connectivity index (χ0n) is 11.7. The van der Waals surface area contributed by atoms with Crippen LogP contribution in [0.3, 0.4) is 0 Å². The normalized spacial score (nSPS) is 15.0. The van der Waals surface area contributed by atoms with Crippen LogP contribution in [-0.4, -0.2) is 24.7 Å². The number of hydrogen-bond donors (Lipinski definition) is 0. The van der Waals surface area contributed by atoms with Crippen molar-refractivity contribution in [1.82, 2.24) is 0 Å². The predicted octanol–water partition coefficient (Wildman–Crippen LogP) is 4.62. The van der Waals surface area contributed by atoms with Crippen molar-refractivity contribution in [3.63, 3.8) is 0 Å². The fourth-order valence-electron chi connectivity index (χ4n) is 2.17. The van der Waals surface area contributed by atoms with Crippen molar-refractivity contribution < 1.29 is 9.47 Å². The summed E-state index contributed by atoms with van der Waals surface area (Å²) >= 11 is 3.99. The first kappa shape index (κ1) is 14.7. The van der Waals surface area contributed by atoms with Crippen molar-refractivity contribution in [3.8, 4) is 11.5 Å². The van der Waals surface area contributed by atoms with Crippen LogP contribution in [0.5, 0.6) is 11.5 Å². The first-order valence-corrected chi connectivity index (χ1v) is 9.16. The molecule has 1 saturated heterocycles. The van der Waals surface area contributed by atoms with Crippen LogP contribution < -0.4 is 9.47 Å². The van der Waals surface area contributed by atoms with E-state index in [1.165, 1.54) is 17.1 Å². The van der Waals surface area contributed by atoms with Crippen LogP contribution in [0.15, 0.2) is 54.6 Å². The summed E-state index contributed by atoms with van der Waals surface area (Å²) in [6.07, 6.45) is 0. The van der Waals surface area contributed by atoms with Crippen LogP contribution in [0.4, 0.5) is 0 Å². The third-order valence-corrected chi connectivity index (χ3v) is 6.22. The lowest BCUT2D eigenvalue weighted by molar-refractivity contribution is 0.216. The van der Waals surface area contributed by atoms with Gasteiger partial charge in [0.25, 0.3) is 0 Å². The van der Waals surface area contributed by atoms with Crippen molar-refractivity contribution in [2.24, 2.45) is 0 Å². The molecule has 0 bridgehead atoms. The van der Waals surface area contributed by atoms with E-state index in [1.807, 2.05) is 59.9 Å². The molecule has 0 aliphatic carbocycles. The number of hydrogen-bond acceptors (Lipinski definition) is 4. The van der Waals surface area contributed by atoms with Crippen molar-refractivity contribution >= 4 is 23.5 Å². The SMILES string of the molecule is c1ccc(OCCOc2ccccc2C2SCCS2)cc1. The number of ether oxygens (including phenoxy) is 2. The Balaban J connectivity index is 1.53. The third-order valence-electron chi connectivity index (χ3n) is 3.15. The molecule has 21 heavy (non-hydrogen) atoms. The molecular weight excluding hydrogens is 300 g/mol. The van der Waals surface area contributed by atoms with Crippen molar-refractivity contribution in [2.75, 3.05) is 24.7 Å². The second kappa shape index (κ2) is 7.66. The van der Waals surface area contributed by atoms with E-state index < -0.39 is 0 Å². The van der Waals surface area contributed by atoms with Gasteiger partial charge in [0.2, 0.25) is 0 Å². The quantitative estimate of drug-likeness (QED) is 0.723. The summed E-state index contributed by atoms with van der Waals surface area (Å²) in [5.74, 6) is 4.32. The van der Waals surface area contributed by atoms with Gasteiger partial charge in [-0.1, -0.05) is 36.4 Å². The van der Waals surface area contributed by atoms with Crippen molar-refractivity contribution in [2.45, 2.75) is 4.58 Å². The lowest BCUT2D eigenvalue weighted by atomic mass is 10.2. The molecular formula is C17H18O2S2. The number of thioether (sulfide) groups is 2. The number of rotatable bonds is 6. The summed E-state index contributed by atoms with van der Waals surface area (Å²) in [4.78, 5) is 0. The van der Waals surface area contributed by atoms with Crippen LogP contribution in [0.25, 0.3) is 0 Å². The maximum Gasteiger partial charge on any atom is 0.124 e. The Morgan fingerprint density at radius 1 is 0.810 bits per heavy atom. The standard InChI is InChI=1S/C17H18O2S2/c1-2-6-14(7-3-1)18-10-11-19-16-9-5-4-8-15(16)17-20-12-13-21-17/h1-9,17H,10-13H2. The van der Waals surface area contributed by atoms with E-state index in [0.29, 0.717) is 17.8 Å². The highest BCUT2D eigenvalue weighted by atomic mass is 32.2. The van der Waals surface area contributed by atoms with Gasteiger partial charge in [0, 0.05) is 17.1 Å². The molecule has 0 spiro atoms. The second-order valence-corrected chi connectivity index (χ2v) is 7.35. The molecule has 0 aromatic heterocycles. The molecule has 1 aliphatic heterocycles. The van der Waals surface area contributed by atoms with E-state index in [-0.39, 0.29) is 0 Å². The summed E-state index contributed by atoms with van der Waals surface area (Å²) in [7, 11) is 0. The molecule has 0 unspecified atom stereocenters. The van der Waals surface area contributed by atoms with E-state index in [1.54, 1.807) is 0 Å². The average molecular weight is 318 g/mol. The summed E-state index contributed by atoms with van der Waals surface area (Å²) in [6.45, 7) is 1.12. The van der Waals surface area contributed by atoms with Crippen LogP contribution in [-0.2, 0) is 0 Å². The Kier molecular flexibility index (Phi) is 5.35. The van der Waals surface area contributed by atoms with Crippen LogP contribution in [0.2, 0.25) is 0 Å². The van der Waals surface area contributed by atoms with E-state index in [4.69, 9.17) is 9.47 Å². The molecule has 1 fully saturated rings. The minimum absolute atomic E-state index is 0.510. The molecule has 110 valence electrons. The van der Waals surface area contributed by atoms with Gasteiger partial charge in [0.1, 0.15) is 24.7 Å². The lowest BCUT2D eigenvalue weighted by Crippen LogP contribution is -2.10. The summed E-state index contributed by atoms with van der Waals surface area (Å²) < 4.78 is 12.1. The summed E-state index contributed by atoms with van der Waals surface area (Å²) in [5.41, 5.74) is 1.30. The zero-order valence-corrected chi connectivity index (χ0v) is 13.4. The van der Waals surface area contributed by atoms with Gasteiger partial charge in [-0.3, -0.25) is 0 Å². The van der Waals surface area contributed by atoms with Gasteiger partial charge in [0.05, 0.1) is 4.58 Å². The highest BCUT2D eigenvalue weighted by Gasteiger charge is 2.21. The van der Waals surface area contributed by atoms with Gasteiger partial charge < -0.3 is 9.47 Å². The Morgan fingerprint density at radius 3 is 2.29 bits per heavy atom. The lowest BCUT2D eigenvalue weighted by Gasteiger charge is -2.15. The first-order valence-electron chi connectivity index (χ1n) is 7.06. The fraction of sp³-hybridized carbons (Fsp3) is 0.294. The Bertz CT molecular complexity index is 554. The molecule has 0 radical (unpaired) electrons. The van der Waals surface area contributed by atoms with E-state index in [2.05, 4.69) is 18.2 Å². The maximum absolute atomic E-state index is 5.92. The molecule has 4 heteroatoms. The topological polar surface area (TPSA) is 18.5 Å². The van der Waals surface area contributed by atoms with E-state index in [9.17, 15) is 0 Å². The average Bonchev–Trinajstić information content (AvgIpc) is 3.07. The molecule has 0 saturated carbocycles. The van der Waals surface area contributed by atoms with Gasteiger partial charge >= 0.3 is 0 Å². The first-order chi connectivity index (χ1) is 10.4. The summed E-state index contributed by atoms with van der Waals surface area (Å²) in [5, 5.41) is 0. The Hall–Kier alpha value is -1.26. The maximum atomic E-state index is 5.92. The largest absolute Gasteiger partial charge is 0.490 e. The molecule has 2 nitrogen and oxygen atoms in total. The molecule has 3 rings (SSSR count). The zero-order chi connectivity index (χ0) is 14.3. The molecule has 0 amide bonds. The van der Waals surface area contributed by atoms with Crippen LogP contribution >= 0.6 is 23.5 Å². The van der Waals surface area contributed by atoms with E-state index >= 15 is 0 Å². The highest BCUT2D eigenvalue weighted by molar-refractivity contribution is 8.19. The third kappa shape index (κ3) is 4.11. The predicted molar refractivity (Wildman–Crippen MR) is 91.5 cm³/mol. The van der Waals surface area contributed by atoms with E-state index in [0.717, 1.165) is 11.5 Å². The van der Waals surface area contributed by atoms with Gasteiger partial charge in [-0.15, -0.1) is 23.5 Å². The van der Waals surface area contributed by atoms with Crippen LogP contribution in [0.1, 0.15) is 10.1 Å². The monoisotopic (exact) mass is 318 g/mol. The van der Waals surface area contributed by atoms with Gasteiger partial charge in [0.15, 0.2) is 0 Å². The minimum Gasteiger partial charge on any atom is -0.490 e. The number of benzene rings is 2. The highest BCUT2D eigenvalue weighted by Crippen LogP contribution is 2.48. The Morgan fingerprint density at radius 2 is 1.48 bits per heavy atom. The van der Waals surface area contributed by atoms with Gasteiger partial charge in [-0.05, 0) is 18.2 Å². The van der Waals surface area contributed by atoms with Crippen molar-refractivity contribution in [3.05, 3.63) is 60.2 Å². The molecule has 2 aromatic rings. The van der Waals surface area contributed by atoms with Gasteiger partial charge in [-0.25, -0.2) is 0 Å². The molecule has 2 aromatic carbocycles. The molecule has 1 aliphatic rings. The molecule has 0 N–H and O–H groups in total. The molecule has 1 heterocycles. The summed E-state index contributed by atoms with van der Waals surface area (Å²) in [6, 6.07) is 18.2. The second-order valence-electron chi connectivity index (χ2n) is 4.62. The smallest absolute Gasteiger partial charge is 0.124 e. The molecule has 0 atom stereocenters. The number of para-hydroxylation sites is 2. The van der Waals surface area contributed by atoms with Gasteiger partial charge in [-0.2, -0.15) is 0 Å². The minimum atomic E-state index is 0.510. The Labute approximate surface area is 134 Å². The fourth-order valence-corrected chi connectivity index (χ4v) is 5.08.